The van der Waals surface area contributed by atoms with Gasteiger partial charge < -0.3 is 18.8 Å². The first-order valence-corrected chi connectivity index (χ1v) is 10.7. The molecule has 1 rings (SSSR count). The van der Waals surface area contributed by atoms with Crippen LogP contribution in [0.25, 0.3) is 0 Å². The summed E-state index contributed by atoms with van der Waals surface area (Å²) in [6.45, 7) is 13.1. The number of hydrogen-bond donors (Lipinski definition) is 1. The summed E-state index contributed by atoms with van der Waals surface area (Å²) in [5, 5.41) is 0. The van der Waals surface area contributed by atoms with E-state index in [0.717, 1.165) is 12.8 Å². The Morgan fingerprint density at radius 2 is 1.76 bits per heavy atom. The Bertz CT molecular complexity index is 728. The molecule has 8 heteroatoms. The smallest absolute Gasteiger partial charge is 0.312 e. The first kappa shape index (κ1) is 25.5. The molecule has 166 valence electrons. The molecule has 29 heavy (non-hydrogen) atoms. The highest BCUT2D eigenvalue weighted by molar-refractivity contribution is 7.71. The summed E-state index contributed by atoms with van der Waals surface area (Å²) in [6.07, 6.45) is 3.26. The molecule has 1 aromatic heterocycles. The van der Waals surface area contributed by atoms with E-state index in [4.69, 9.17) is 26.4 Å². The largest absolute Gasteiger partial charge is 0.463 e. The highest BCUT2D eigenvalue weighted by atomic mass is 32.1. The minimum absolute atomic E-state index is 0.151. The van der Waals surface area contributed by atoms with Crippen LogP contribution < -0.4 is 5.56 Å². The van der Waals surface area contributed by atoms with Crippen LogP contribution in [0.15, 0.2) is 17.1 Å². The van der Waals surface area contributed by atoms with Gasteiger partial charge in [-0.05, 0) is 43.8 Å². The maximum Gasteiger partial charge on any atom is 0.312 e. The molecule has 0 aliphatic carbocycles. The highest BCUT2D eigenvalue weighted by Gasteiger charge is 2.38. The lowest BCUT2D eigenvalue weighted by Crippen LogP contribution is -2.37. The highest BCUT2D eigenvalue weighted by Crippen LogP contribution is 2.35. The molecular formula is C21H36N2O5S. The van der Waals surface area contributed by atoms with Crippen LogP contribution in [0.3, 0.4) is 0 Å². The lowest BCUT2D eigenvalue weighted by atomic mass is 9.73. The zero-order valence-electron chi connectivity index (χ0n) is 18.4. The van der Waals surface area contributed by atoms with Gasteiger partial charge in [-0.2, -0.15) is 0 Å². The zero-order valence-corrected chi connectivity index (χ0v) is 19.2. The number of nitrogens with one attached hydrogen (secondary N) is 1. The molecule has 0 amide bonds. The first-order valence-electron chi connectivity index (χ1n) is 10.3. The van der Waals surface area contributed by atoms with Crippen molar-refractivity contribution in [3.63, 3.8) is 0 Å². The summed E-state index contributed by atoms with van der Waals surface area (Å²) in [4.78, 5) is 26.2. The van der Waals surface area contributed by atoms with Gasteiger partial charge in [0.2, 0.25) is 0 Å². The van der Waals surface area contributed by atoms with E-state index in [0.29, 0.717) is 43.7 Å². The Kier molecular flexibility index (Phi) is 11.4. The summed E-state index contributed by atoms with van der Waals surface area (Å²) in [5.41, 5.74) is -0.662. The molecule has 0 aliphatic rings. The quantitative estimate of drug-likeness (QED) is 0.277. The first-order chi connectivity index (χ1) is 13.7. The molecule has 1 N–H and O–H groups in total. The Balaban J connectivity index is 2.11. The van der Waals surface area contributed by atoms with Crippen LogP contribution >= 0.6 is 12.2 Å². The number of ether oxygens (including phenoxy) is 3. The molecule has 0 fully saturated rings. The van der Waals surface area contributed by atoms with Gasteiger partial charge in [0.05, 0.1) is 25.2 Å². The van der Waals surface area contributed by atoms with E-state index in [9.17, 15) is 9.59 Å². The van der Waals surface area contributed by atoms with Gasteiger partial charge in [-0.1, -0.05) is 27.7 Å². The number of esters is 1. The third kappa shape index (κ3) is 9.23. The Labute approximate surface area is 178 Å². The molecule has 1 aromatic rings. The Morgan fingerprint density at radius 3 is 2.34 bits per heavy atom. The van der Waals surface area contributed by atoms with Crippen molar-refractivity contribution in [2.45, 2.75) is 54.0 Å². The second-order valence-corrected chi connectivity index (χ2v) is 8.57. The van der Waals surface area contributed by atoms with Crippen LogP contribution in [0.2, 0.25) is 0 Å². The second-order valence-electron chi connectivity index (χ2n) is 8.19. The van der Waals surface area contributed by atoms with Gasteiger partial charge in [0.25, 0.3) is 5.56 Å². The van der Waals surface area contributed by atoms with E-state index in [1.807, 2.05) is 6.92 Å². The van der Waals surface area contributed by atoms with Crippen molar-refractivity contribution in [2.24, 2.45) is 17.3 Å². The van der Waals surface area contributed by atoms with Crippen LogP contribution in [0.1, 0.15) is 47.5 Å². The average molecular weight is 429 g/mol. The fraction of sp³-hybridized carbons (Fsp3) is 0.762. The van der Waals surface area contributed by atoms with Crippen molar-refractivity contribution in [3.05, 3.63) is 27.4 Å². The van der Waals surface area contributed by atoms with E-state index in [2.05, 4.69) is 32.7 Å². The molecule has 0 radical (unpaired) electrons. The maximum atomic E-state index is 12.5. The predicted octanol–water partition coefficient (Wildman–Crippen LogP) is 3.58. The van der Waals surface area contributed by atoms with Crippen molar-refractivity contribution < 1.29 is 19.0 Å². The molecular weight excluding hydrogens is 392 g/mol. The summed E-state index contributed by atoms with van der Waals surface area (Å²) < 4.78 is 18.7. The van der Waals surface area contributed by atoms with Crippen LogP contribution in [0.5, 0.6) is 0 Å². The van der Waals surface area contributed by atoms with Crippen LogP contribution in [0, 0.1) is 22.0 Å². The van der Waals surface area contributed by atoms with Crippen molar-refractivity contribution >= 4 is 18.2 Å². The van der Waals surface area contributed by atoms with Crippen molar-refractivity contribution in [3.8, 4) is 0 Å². The number of aromatic amines is 1. The molecule has 0 aromatic carbocycles. The van der Waals surface area contributed by atoms with Crippen LogP contribution in [-0.4, -0.2) is 48.6 Å². The van der Waals surface area contributed by atoms with E-state index < -0.39 is 5.41 Å². The molecule has 0 saturated heterocycles. The monoisotopic (exact) mass is 428 g/mol. The normalized spacial score (nSPS) is 13.6. The number of carbonyl (C=O) groups is 1. The Hall–Kier alpha value is -1.51. The fourth-order valence-electron chi connectivity index (χ4n) is 3.04. The molecule has 1 atom stereocenters. The molecule has 0 spiro atoms. The molecule has 1 unspecified atom stereocenters. The minimum Gasteiger partial charge on any atom is -0.463 e. The zero-order chi connectivity index (χ0) is 21.9. The van der Waals surface area contributed by atoms with Crippen molar-refractivity contribution in [1.29, 1.82) is 0 Å². The van der Waals surface area contributed by atoms with E-state index in [1.165, 1.54) is 6.07 Å². The van der Waals surface area contributed by atoms with Gasteiger partial charge in [0, 0.05) is 25.4 Å². The lowest BCUT2D eigenvalue weighted by Gasteiger charge is -2.32. The Morgan fingerprint density at radius 1 is 1.14 bits per heavy atom. The molecule has 1 heterocycles. The summed E-state index contributed by atoms with van der Waals surface area (Å²) >= 11 is 5.09. The van der Waals surface area contributed by atoms with Crippen LogP contribution in [-0.2, 0) is 25.5 Å². The van der Waals surface area contributed by atoms with Crippen molar-refractivity contribution in [2.75, 3.05) is 33.0 Å². The number of aromatic nitrogens is 2. The predicted molar refractivity (Wildman–Crippen MR) is 116 cm³/mol. The maximum absolute atomic E-state index is 12.5. The molecule has 0 saturated carbocycles. The molecule has 0 bridgehead atoms. The van der Waals surface area contributed by atoms with Crippen molar-refractivity contribution in [1.82, 2.24) is 9.55 Å². The standard InChI is InChI=1S/C21H36N2O5S/c1-16(2)15-21(5,17(3)4)19(25)28-14-13-27-12-11-26-10-6-8-23-9-7-18(24)22-20(23)29/h7,9,16-17H,6,8,10-15H2,1-5H3,(H,22,24,29). The minimum atomic E-state index is -0.466. The third-order valence-electron chi connectivity index (χ3n) is 4.99. The van der Waals surface area contributed by atoms with Gasteiger partial charge in [0.1, 0.15) is 6.61 Å². The topological polar surface area (TPSA) is 82.6 Å². The van der Waals surface area contributed by atoms with Gasteiger partial charge in [0.15, 0.2) is 4.77 Å². The lowest BCUT2D eigenvalue weighted by molar-refractivity contribution is -0.160. The van der Waals surface area contributed by atoms with Gasteiger partial charge in [-0.25, -0.2) is 0 Å². The summed E-state index contributed by atoms with van der Waals surface area (Å²) in [5.74, 6) is 0.503. The van der Waals surface area contributed by atoms with E-state index in [-0.39, 0.29) is 24.1 Å². The number of carbonyl (C=O) groups excluding carboxylic acids is 1. The number of nitrogens with zero attached hydrogens (tertiary/aromatic N) is 1. The van der Waals surface area contributed by atoms with Gasteiger partial charge in [-0.15, -0.1) is 0 Å². The number of rotatable bonds is 14. The third-order valence-corrected chi connectivity index (χ3v) is 5.33. The van der Waals surface area contributed by atoms with E-state index in [1.54, 1.807) is 10.8 Å². The van der Waals surface area contributed by atoms with Crippen LogP contribution in [0.4, 0.5) is 0 Å². The van der Waals surface area contributed by atoms with Gasteiger partial charge >= 0.3 is 5.97 Å². The average Bonchev–Trinajstić information content (AvgIpc) is 2.63. The number of H-pyrrole nitrogens is 1. The number of aryl methyl sites for hydroxylation is 1. The second kappa shape index (κ2) is 12.9. The summed E-state index contributed by atoms with van der Waals surface area (Å²) in [7, 11) is 0. The fourth-order valence-corrected chi connectivity index (χ4v) is 3.29. The van der Waals surface area contributed by atoms with E-state index >= 15 is 0 Å². The molecule has 0 aliphatic heterocycles. The van der Waals surface area contributed by atoms with Gasteiger partial charge in [-0.3, -0.25) is 14.6 Å². The summed E-state index contributed by atoms with van der Waals surface area (Å²) in [6, 6.07) is 1.45. The number of hydrogen-bond acceptors (Lipinski definition) is 6. The molecule has 7 nitrogen and oxygen atoms in total. The SMILES string of the molecule is CC(C)CC(C)(C(=O)OCCOCCOCCCn1ccc(=O)[nH]c1=S)C(C)C.